The van der Waals surface area contributed by atoms with E-state index in [-0.39, 0.29) is 17.9 Å². The quantitative estimate of drug-likeness (QED) is 0.871. The lowest BCUT2D eigenvalue weighted by molar-refractivity contribution is -0.130. The second-order valence-electron chi connectivity index (χ2n) is 6.48. The summed E-state index contributed by atoms with van der Waals surface area (Å²) in [7, 11) is 0. The summed E-state index contributed by atoms with van der Waals surface area (Å²) in [5, 5.41) is 3.08. The third kappa shape index (κ3) is 4.68. The molecule has 0 radical (unpaired) electrons. The van der Waals surface area contributed by atoms with Crippen LogP contribution in [0.1, 0.15) is 31.2 Å². The van der Waals surface area contributed by atoms with E-state index in [0.717, 1.165) is 30.8 Å². The molecule has 6 heteroatoms. The number of nitrogens with zero attached hydrogens (tertiary/aromatic N) is 3. The number of hydrogen-bond donors (Lipinski definition) is 1. The van der Waals surface area contributed by atoms with Crippen LogP contribution in [-0.2, 0) is 29.1 Å². The van der Waals surface area contributed by atoms with Crippen LogP contribution in [0, 0.1) is 0 Å². The van der Waals surface area contributed by atoms with E-state index in [1.54, 1.807) is 18.0 Å². The smallest absolute Gasteiger partial charge is 0.222 e. The molecule has 1 aliphatic heterocycles. The van der Waals surface area contributed by atoms with Crippen LogP contribution < -0.4 is 5.32 Å². The third-order valence-corrected chi connectivity index (χ3v) is 4.57. The lowest BCUT2D eigenvalue weighted by Gasteiger charge is -2.26. The Kier molecular flexibility index (Phi) is 5.48. The molecule has 2 heterocycles. The predicted molar refractivity (Wildman–Crippen MR) is 94.6 cm³/mol. The first-order valence-corrected chi connectivity index (χ1v) is 8.70. The first-order chi connectivity index (χ1) is 12.1. The van der Waals surface area contributed by atoms with Crippen LogP contribution in [0.4, 0.5) is 0 Å². The number of aryl methyl sites for hydroxylation is 1. The summed E-state index contributed by atoms with van der Waals surface area (Å²) in [6.45, 7) is 3.27. The van der Waals surface area contributed by atoms with Crippen molar-refractivity contribution in [2.24, 2.45) is 0 Å². The number of rotatable bonds is 6. The number of hydrogen-bond acceptors (Lipinski definition) is 3. The average Bonchev–Trinajstić information content (AvgIpc) is 3.07. The van der Waals surface area contributed by atoms with Gasteiger partial charge < -0.3 is 14.8 Å². The van der Waals surface area contributed by atoms with Gasteiger partial charge in [-0.1, -0.05) is 30.3 Å². The lowest BCUT2D eigenvalue weighted by Crippen LogP contribution is -2.42. The summed E-state index contributed by atoms with van der Waals surface area (Å²) in [5.41, 5.74) is 1.07. The summed E-state index contributed by atoms with van der Waals surface area (Å²) in [6.07, 6.45) is 5.85. The molecule has 1 aromatic carbocycles. The second-order valence-corrected chi connectivity index (χ2v) is 6.48. The number of amides is 2. The zero-order valence-electron chi connectivity index (χ0n) is 14.5. The van der Waals surface area contributed by atoms with Crippen LogP contribution in [0.2, 0.25) is 0 Å². The van der Waals surface area contributed by atoms with E-state index >= 15 is 0 Å². The fourth-order valence-electron chi connectivity index (χ4n) is 3.17. The SMILES string of the molecule is CC(=O)N(CCC(=O)N[C@H]1CCc2nccn2C1)Cc1ccccc1. The highest BCUT2D eigenvalue weighted by molar-refractivity contribution is 5.78. The van der Waals surface area contributed by atoms with Gasteiger partial charge in [-0.2, -0.15) is 0 Å². The van der Waals surface area contributed by atoms with E-state index < -0.39 is 0 Å². The Morgan fingerprint density at radius 1 is 1.32 bits per heavy atom. The summed E-state index contributed by atoms with van der Waals surface area (Å²) in [6, 6.07) is 9.96. The molecule has 0 fully saturated rings. The number of nitrogens with one attached hydrogen (secondary N) is 1. The summed E-state index contributed by atoms with van der Waals surface area (Å²) in [5.74, 6) is 1.06. The van der Waals surface area contributed by atoms with Crippen molar-refractivity contribution in [1.29, 1.82) is 0 Å². The molecular formula is C19H24N4O2. The first kappa shape index (κ1) is 17.2. The van der Waals surface area contributed by atoms with Crippen molar-refractivity contribution >= 4 is 11.8 Å². The fourth-order valence-corrected chi connectivity index (χ4v) is 3.17. The summed E-state index contributed by atoms with van der Waals surface area (Å²) < 4.78 is 2.09. The van der Waals surface area contributed by atoms with Gasteiger partial charge >= 0.3 is 0 Å². The van der Waals surface area contributed by atoms with Crippen LogP contribution in [-0.4, -0.2) is 38.9 Å². The van der Waals surface area contributed by atoms with E-state index in [1.807, 2.05) is 36.5 Å². The normalized spacial score (nSPS) is 16.1. The minimum Gasteiger partial charge on any atom is -0.352 e. The Morgan fingerprint density at radius 2 is 2.12 bits per heavy atom. The zero-order valence-corrected chi connectivity index (χ0v) is 14.5. The van der Waals surface area contributed by atoms with Crippen molar-refractivity contribution < 1.29 is 9.59 Å². The van der Waals surface area contributed by atoms with Crippen molar-refractivity contribution in [2.45, 2.75) is 45.3 Å². The molecule has 0 unspecified atom stereocenters. The third-order valence-electron chi connectivity index (χ3n) is 4.57. The van der Waals surface area contributed by atoms with Gasteiger partial charge in [0.15, 0.2) is 0 Å². The van der Waals surface area contributed by atoms with Crippen molar-refractivity contribution in [3.63, 3.8) is 0 Å². The lowest BCUT2D eigenvalue weighted by atomic mass is 10.1. The molecule has 1 aliphatic rings. The van der Waals surface area contributed by atoms with Crippen LogP contribution in [0.5, 0.6) is 0 Å². The zero-order chi connectivity index (χ0) is 17.6. The van der Waals surface area contributed by atoms with E-state index in [9.17, 15) is 9.59 Å². The van der Waals surface area contributed by atoms with Gasteiger partial charge in [0.1, 0.15) is 5.82 Å². The minimum absolute atomic E-state index is 0.00660. The maximum atomic E-state index is 12.3. The Morgan fingerprint density at radius 3 is 2.88 bits per heavy atom. The van der Waals surface area contributed by atoms with E-state index in [2.05, 4.69) is 14.9 Å². The number of fused-ring (bicyclic) bond motifs is 1. The Labute approximate surface area is 147 Å². The maximum Gasteiger partial charge on any atom is 0.222 e. The monoisotopic (exact) mass is 340 g/mol. The number of benzene rings is 1. The van der Waals surface area contributed by atoms with Crippen LogP contribution in [0.15, 0.2) is 42.7 Å². The molecule has 2 amide bonds. The van der Waals surface area contributed by atoms with Crippen LogP contribution >= 0.6 is 0 Å². The van der Waals surface area contributed by atoms with Crippen LogP contribution in [0.3, 0.4) is 0 Å². The van der Waals surface area contributed by atoms with Crippen molar-refractivity contribution in [3.05, 3.63) is 54.1 Å². The number of carbonyl (C=O) groups is 2. The number of imidazole rings is 1. The van der Waals surface area contributed by atoms with Gasteiger partial charge in [0, 0.05) is 57.8 Å². The van der Waals surface area contributed by atoms with Gasteiger partial charge in [0.05, 0.1) is 0 Å². The highest BCUT2D eigenvalue weighted by Crippen LogP contribution is 2.13. The highest BCUT2D eigenvalue weighted by atomic mass is 16.2. The molecule has 0 spiro atoms. The molecule has 1 N–H and O–H groups in total. The molecule has 0 bridgehead atoms. The number of aromatic nitrogens is 2. The Hall–Kier alpha value is -2.63. The van der Waals surface area contributed by atoms with E-state index in [4.69, 9.17) is 0 Å². The summed E-state index contributed by atoms with van der Waals surface area (Å²) >= 11 is 0. The molecule has 0 aliphatic carbocycles. The van der Waals surface area contributed by atoms with Crippen molar-refractivity contribution in [2.75, 3.05) is 6.54 Å². The molecule has 132 valence electrons. The van der Waals surface area contributed by atoms with Gasteiger partial charge in [-0.15, -0.1) is 0 Å². The standard InChI is InChI=1S/C19H24N4O2/c1-15(24)22(13-16-5-3-2-4-6-16)11-9-19(25)21-17-7-8-18-20-10-12-23(18)14-17/h2-6,10,12,17H,7-9,11,13-14H2,1H3,(H,21,25)/t17-/m0/s1. The van der Waals surface area contributed by atoms with Gasteiger partial charge in [-0.25, -0.2) is 4.98 Å². The molecule has 3 rings (SSSR count). The maximum absolute atomic E-state index is 12.3. The molecule has 25 heavy (non-hydrogen) atoms. The molecule has 0 saturated heterocycles. The number of carbonyl (C=O) groups excluding carboxylic acids is 2. The molecule has 1 aromatic heterocycles. The van der Waals surface area contributed by atoms with Crippen molar-refractivity contribution in [1.82, 2.24) is 19.8 Å². The largest absolute Gasteiger partial charge is 0.352 e. The van der Waals surface area contributed by atoms with Gasteiger partial charge in [-0.3, -0.25) is 9.59 Å². The Bertz CT molecular complexity index is 726. The van der Waals surface area contributed by atoms with Gasteiger partial charge in [-0.05, 0) is 12.0 Å². The predicted octanol–water partition coefficient (Wildman–Crippen LogP) is 1.75. The fraction of sp³-hybridized carbons (Fsp3) is 0.421. The second kappa shape index (κ2) is 7.96. The highest BCUT2D eigenvalue weighted by Gasteiger charge is 2.20. The van der Waals surface area contributed by atoms with Gasteiger partial charge in [0.25, 0.3) is 0 Å². The molecule has 2 aromatic rings. The molecular weight excluding hydrogens is 316 g/mol. The molecule has 6 nitrogen and oxygen atoms in total. The topological polar surface area (TPSA) is 67.2 Å². The van der Waals surface area contributed by atoms with E-state index in [1.165, 1.54) is 0 Å². The molecule has 0 saturated carbocycles. The average molecular weight is 340 g/mol. The van der Waals surface area contributed by atoms with Gasteiger partial charge in [0.2, 0.25) is 11.8 Å². The van der Waals surface area contributed by atoms with Crippen molar-refractivity contribution in [3.8, 4) is 0 Å². The molecule has 1 atom stereocenters. The summed E-state index contributed by atoms with van der Waals surface area (Å²) in [4.78, 5) is 30.1. The first-order valence-electron chi connectivity index (χ1n) is 8.70. The Balaban J connectivity index is 1.48. The minimum atomic E-state index is -0.0163. The van der Waals surface area contributed by atoms with E-state index in [0.29, 0.717) is 19.5 Å². The van der Waals surface area contributed by atoms with Crippen LogP contribution in [0.25, 0.3) is 0 Å².